The average Bonchev–Trinajstić information content (AvgIpc) is 2.82. The molecule has 0 aliphatic carbocycles. The van der Waals surface area contributed by atoms with E-state index in [9.17, 15) is 8.42 Å². The van der Waals surface area contributed by atoms with E-state index in [1.807, 2.05) is 18.2 Å². The minimum atomic E-state index is -3.61. The van der Waals surface area contributed by atoms with Gasteiger partial charge in [0.25, 0.3) is 0 Å². The van der Waals surface area contributed by atoms with E-state index in [2.05, 4.69) is 22.1 Å². The van der Waals surface area contributed by atoms with Crippen molar-refractivity contribution in [3.05, 3.63) is 46.7 Å². The molecule has 1 saturated heterocycles. The maximum atomic E-state index is 12.9. The summed E-state index contributed by atoms with van der Waals surface area (Å²) in [5.41, 5.74) is 1.68. The first-order valence-corrected chi connectivity index (χ1v) is 9.67. The first-order valence-electron chi connectivity index (χ1n) is 7.85. The van der Waals surface area contributed by atoms with Crippen LogP contribution in [0, 0.1) is 6.92 Å². The highest BCUT2D eigenvalue weighted by Gasteiger charge is 2.33. The molecule has 0 unspecified atom stereocenters. The van der Waals surface area contributed by atoms with Gasteiger partial charge in [-0.3, -0.25) is 9.58 Å². The van der Waals surface area contributed by atoms with E-state index in [0.717, 1.165) is 6.54 Å². The fourth-order valence-electron chi connectivity index (χ4n) is 3.00. The molecule has 0 spiro atoms. The number of hydrogen-bond donors (Lipinski definition) is 0. The zero-order valence-electron chi connectivity index (χ0n) is 13.8. The van der Waals surface area contributed by atoms with Crippen molar-refractivity contribution in [1.29, 1.82) is 0 Å². The summed E-state index contributed by atoms with van der Waals surface area (Å²) in [6.45, 7) is 4.82. The van der Waals surface area contributed by atoms with Gasteiger partial charge in [-0.15, -0.1) is 0 Å². The van der Waals surface area contributed by atoms with E-state index in [1.54, 1.807) is 14.0 Å². The summed E-state index contributed by atoms with van der Waals surface area (Å²) in [7, 11) is -1.96. The lowest BCUT2D eigenvalue weighted by atomic mass is 10.2. The minimum Gasteiger partial charge on any atom is -0.296 e. The summed E-state index contributed by atoms with van der Waals surface area (Å²) >= 11 is 6.14. The number of aryl methyl sites for hydroxylation is 2. The Bertz CT molecular complexity index is 812. The van der Waals surface area contributed by atoms with E-state index in [-0.39, 0.29) is 10.0 Å². The van der Waals surface area contributed by atoms with Gasteiger partial charge in [0, 0.05) is 39.8 Å². The Balaban J connectivity index is 1.70. The van der Waals surface area contributed by atoms with Gasteiger partial charge >= 0.3 is 0 Å². The minimum absolute atomic E-state index is 0.128. The van der Waals surface area contributed by atoms with Crippen molar-refractivity contribution in [3.63, 3.8) is 0 Å². The van der Waals surface area contributed by atoms with Gasteiger partial charge in [-0.2, -0.15) is 9.40 Å². The molecule has 8 heteroatoms. The molecule has 130 valence electrons. The van der Waals surface area contributed by atoms with Crippen LogP contribution in [-0.2, 0) is 23.6 Å². The lowest BCUT2D eigenvalue weighted by Crippen LogP contribution is -2.48. The number of aromatic nitrogens is 2. The second-order valence-electron chi connectivity index (χ2n) is 5.99. The van der Waals surface area contributed by atoms with Crippen LogP contribution in [0.2, 0.25) is 5.15 Å². The summed E-state index contributed by atoms with van der Waals surface area (Å²) < 4.78 is 28.7. The van der Waals surface area contributed by atoms with Gasteiger partial charge in [0.1, 0.15) is 10.0 Å². The Morgan fingerprint density at radius 3 is 2.29 bits per heavy atom. The van der Waals surface area contributed by atoms with Crippen LogP contribution in [0.1, 0.15) is 11.3 Å². The smallest absolute Gasteiger partial charge is 0.248 e. The van der Waals surface area contributed by atoms with Crippen molar-refractivity contribution in [2.24, 2.45) is 7.05 Å². The van der Waals surface area contributed by atoms with Gasteiger partial charge in [-0.05, 0) is 12.5 Å². The van der Waals surface area contributed by atoms with Gasteiger partial charge in [-0.1, -0.05) is 41.9 Å². The van der Waals surface area contributed by atoms with Crippen LogP contribution in [0.4, 0.5) is 0 Å². The van der Waals surface area contributed by atoms with E-state index in [0.29, 0.717) is 31.9 Å². The topological polar surface area (TPSA) is 58.4 Å². The third-order valence-electron chi connectivity index (χ3n) is 4.28. The quantitative estimate of drug-likeness (QED) is 0.826. The van der Waals surface area contributed by atoms with Gasteiger partial charge in [0.05, 0.1) is 5.69 Å². The van der Waals surface area contributed by atoms with Crippen LogP contribution in [0.3, 0.4) is 0 Å². The average molecular weight is 369 g/mol. The van der Waals surface area contributed by atoms with Crippen molar-refractivity contribution >= 4 is 21.6 Å². The maximum Gasteiger partial charge on any atom is 0.248 e. The highest BCUT2D eigenvalue weighted by atomic mass is 35.5. The number of halogens is 1. The molecule has 1 aromatic heterocycles. The Labute approximate surface area is 147 Å². The van der Waals surface area contributed by atoms with E-state index < -0.39 is 10.0 Å². The summed E-state index contributed by atoms with van der Waals surface area (Å²) in [4.78, 5) is 2.39. The third kappa shape index (κ3) is 3.35. The number of hydrogen-bond acceptors (Lipinski definition) is 4. The summed E-state index contributed by atoms with van der Waals surface area (Å²) in [6.07, 6.45) is 0. The molecule has 0 radical (unpaired) electrons. The number of benzene rings is 1. The number of piperazine rings is 1. The molecule has 6 nitrogen and oxygen atoms in total. The fourth-order valence-corrected chi connectivity index (χ4v) is 5.13. The Morgan fingerprint density at radius 2 is 1.75 bits per heavy atom. The monoisotopic (exact) mass is 368 g/mol. The zero-order chi connectivity index (χ0) is 17.3. The lowest BCUT2D eigenvalue weighted by molar-refractivity contribution is 0.181. The summed E-state index contributed by atoms with van der Waals surface area (Å²) in [6, 6.07) is 10.2. The molecule has 1 aliphatic rings. The van der Waals surface area contributed by atoms with Gasteiger partial charge < -0.3 is 0 Å². The summed E-state index contributed by atoms with van der Waals surface area (Å²) in [5.74, 6) is 0. The SMILES string of the molecule is Cc1nn(C)c(Cl)c1S(=O)(=O)N1CCN(Cc2ccccc2)CC1. The predicted octanol–water partition coefficient (Wildman–Crippen LogP) is 1.89. The van der Waals surface area contributed by atoms with Crippen molar-refractivity contribution < 1.29 is 8.42 Å². The second-order valence-corrected chi connectivity index (χ2v) is 8.23. The normalized spacial score (nSPS) is 17.3. The Hall–Kier alpha value is -1.41. The molecular weight excluding hydrogens is 348 g/mol. The fraction of sp³-hybridized carbons (Fsp3) is 0.438. The number of rotatable bonds is 4. The van der Waals surface area contributed by atoms with E-state index in [1.165, 1.54) is 14.6 Å². The van der Waals surface area contributed by atoms with Crippen molar-refractivity contribution in [2.45, 2.75) is 18.4 Å². The molecule has 2 aromatic rings. The lowest BCUT2D eigenvalue weighted by Gasteiger charge is -2.33. The van der Waals surface area contributed by atoms with E-state index in [4.69, 9.17) is 11.6 Å². The highest BCUT2D eigenvalue weighted by molar-refractivity contribution is 7.89. The van der Waals surface area contributed by atoms with Crippen LogP contribution >= 0.6 is 11.6 Å². The molecule has 1 fully saturated rings. The van der Waals surface area contributed by atoms with Gasteiger partial charge in [0.15, 0.2) is 0 Å². The zero-order valence-corrected chi connectivity index (χ0v) is 15.4. The molecule has 0 bridgehead atoms. The predicted molar refractivity (Wildman–Crippen MR) is 93.4 cm³/mol. The second kappa shape index (κ2) is 6.84. The molecule has 24 heavy (non-hydrogen) atoms. The Morgan fingerprint density at radius 1 is 1.12 bits per heavy atom. The third-order valence-corrected chi connectivity index (χ3v) is 6.87. The van der Waals surface area contributed by atoms with Crippen LogP contribution in [0.15, 0.2) is 35.2 Å². The van der Waals surface area contributed by atoms with Gasteiger partial charge in [0.2, 0.25) is 10.0 Å². The molecule has 1 aromatic carbocycles. The van der Waals surface area contributed by atoms with Gasteiger partial charge in [-0.25, -0.2) is 8.42 Å². The standard InChI is InChI=1S/C16H21ClN4O2S/c1-13-15(16(17)19(2)18-13)24(22,23)21-10-8-20(9-11-21)12-14-6-4-3-5-7-14/h3-7H,8-12H2,1-2H3. The van der Waals surface area contributed by atoms with E-state index >= 15 is 0 Å². The van der Waals surface area contributed by atoms with Crippen LogP contribution in [0.25, 0.3) is 0 Å². The van der Waals surface area contributed by atoms with Crippen LogP contribution in [-0.4, -0.2) is 53.6 Å². The van der Waals surface area contributed by atoms with Crippen molar-refractivity contribution in [3.8, 4) is 0 Å². The largest absolute Gasteiger partial charge is 0.296 e. The molecule has 3 rings (SSSR count). The maximum absolute atomic E-state index is 12.9. The first kappa shape index (κ1) is 17.4. The van der Waals surface area contributed by atoms with Crippen molar-refractivity contribution in [1.82, 2.24) is 19.0 Å². The molecular formula is C16H21ClN4O2S. The Kier molecular flexibility index (Phi) is 4.96. The van der Waals surface area contributed by atoms with Crippen molar-refractivity contribution in [2.75, 3.05) is 26.2 Å². The summed E-state index contributed by atoms with van der Waals surface area (Å²) in [5, 5.41) is 4.28. The molecule has 0 atom stereocenters. The molecule has 0 saturated carbocycles. The number of nitrogens with zero attached hydrogens (tertiary/aromatic N) is 4. The molecule has 2 heterocycles. The van der Waals surface area contributed by atoms with Crippen LogP contribution < -0.4 is 0 Å². The number of sulfonamides is 1. The first-order chi connectivity index (χ1) is 11.4. The molecule has 0 N–H and O–H groups in total. The van der Waals surface area contributed by atoms with Crippen LogP contribution in [0.5, 0.6) is 0 Å². The molecule has 0 amide bonds. The molecule has 1 aliphatic heterocycles. The highest BCUT2D eigenvalue weighted by Crippen LogP contribution is 2.28.